The fourth-order valence-electron chi connectivity index (χ4n) is 3.40. The lowest BCUT2D eigenvalue weighted by Crippen LogP contribution is -2.29. The number of ketones is 1. The quantitative estimate of drug-likeness (QED) is 0.352. The molecule has 1 N–H and O–H groups in total. The number of carbonyl (C=O) groups excluding carboxylic acids is 2. The predicted molar refractivity (Wildman–Crippen MR) is 109 cm³/mol. The fourth-order valence-corrected chi connectivity index (χ4v) is 3.71. The van der Waals surface area contributed by atoms with Crippen LogP contribution in [-0.4, -0.2) is 21.7 Å². The molecule has 5 nitrogen and oxygen atoms in total. The van der Waals surface area contributed by atoms with Crippen LogP contribution >= 0.6 is 23.2 Å². The van der Waals surface area contributed by atoms with Gasteiger partial charge in [0.15, 0.2) is 0 Å². The van der Waals surface area contributed by atoms with Gasteiger partial charge < -0.3 is 14.4 Å². The summed E-state index contributed by atoms with van der Waals surface area (Å²) in [5.74, 6) is -1.25. The lowest BCUT2D eigenvalue weighted by Gasteiger charge is -2.24. The molecule has 0 bridgehead atoms. The van der Waals surface area contributed by atoms with Gasteiger partial charge in [-0.1, -0.05) is 47.5 Å². The van der Waals surface area contributed by atoms with Crippen molar-refractivity contribution in [3.63, 3.8) is 0 Å². The number of Topliss-reactive ketones (excluding diaryl/α,β-unsaturated/α-hetero) is 1. The second kappa shape index (κ2) is 7.78. The van der Waals surface area contributed by atoms with Crippen molar-refractivity contribution in [1.82, 2.24) is 4.90 Å². The topological polar surface area (TPSA) is 70.8 Å². The average Bonchev–Trinajstić information content (AvgIpc) is 3.31. The number of amides is 1. The van der Waals surface area contributed by atoms with Crippen LogP contribution in [0.25, 0.3) is 5.76 Å². The molecule has 2 aromatic carbocycles. The van der Waals surface area contributed by atoms with Gasteiger partial charge in [0.25, 0.3) is 11.7 Å². The zero-order chi connectivity index (χ0) is 20.5. The molecule has 146 valence electrons. The molecule has 0 spiro atoms. The first kappa shape index (κ1) is 19.3. The first-order chi connectivity index (χ1) is 14.0. The van der Waals surface area contributed by atoms with Crippen molar-refractivity contribution in [2.24, 2.45) is 0 Å². The zero-order valence-corrected chi connectivity index (χ0v) is 16.5. The maximum absolute atomic E-state index is 12.9. The van der Waals surface area contributed by atoms with Crippen molar-refractivity contribution >= 4 is 40.7 Å². The second-order valence-electron chi connectivity index (χ2n) is 6.57. The predicted octanol–water partition coefficient (Wildman–Crippen LogP) is 5.21. The Balaban J connectivity index is 1.87. The van der Waals surface area contributed by atoms with E-state index in [-0.39, 0.29) is 17.9 Å². The van der Waals surface area contributed by atoms with Crippen LogP contribution in [0.2, 0.25) is 10.0 Å². The van der Waals surface area contributed by atoms with E-state index in [0.717, 1.165) is 0 Å². The summed E-state index contributed by atoms with van der Waals surface area (Å²) in [6, 6.07) is 15.9. The Morgan fingerprint density at radius 2 is 1.76 bits per heavy atom. The molecule has 1 atom stereocenters. The maximum Gasteiger partial charge on any atom is 0.296 e. The van der Waals surface area contributed by atoms with Crippen LogP contribution in [0, 0.1) is 0 Å². The molecular formula is C22H15Cl2NO4. The summed E-state index contributed by atoms with van der Waals surface area (Å²) < 4.78 is 5.36. The summed E-state index contributed by atoms with van der Waals surface area (Å²) in [6.07, 6.45) is 1.50. The summed E-state index contributed by atoms with van der Waals surface area (Å²) in [5.41, 5.74) is 0.988. The molecule has 1 saturated heterocycles. The lowest BCUT2D eigenvalue weighted by molar-refractivity contribution is -0.140. The summed E-state index contributed by atoms with van der Waals surface area (Å²) in [4.78, 5) is 27.1. The largest absolute Gasteiger partial charge is 0.507 e. The van der Waals surface area contributed by atoms with Crippen LogP contribution in [0.3, 0.4) is 0 Å². The van der Waals surface area contributed by atoms with Crippen molar-refractivity contribution in [1.29, 1.82) is 0 Å². The summed E-state index contributed by atoms with van der Waals surface area (Å²) in [6.45, 7) is 0.0805. The van der Waals surface area contributed by atoms with Gasteiger partial charge in [-0.2, -0.15) is 0 Å². The molecule has 0 saturated carbocycles. The smallest absolute Gasteiger partial charge is 0.296 e. The van der Waals surface area contributed by atoms with Gasteiger partial charge in [-0.05, 0) is 42.0 Å². The van der Waals surface area contributed by atoms with Gasteiger partial charge in [-0.25, -0.2) is 0 Å². The highest BCUT2D eigenvalue weighted by molar-refractivity contribution is 6.46. The number of hydrogen-bond donors (Lipinski definition) is 1. The van der Waals surface area contributed by atoms with Gasteiger partial charge in [0.2, 0.25) is 0 Å². The number of nitrogens with zero attached hydrogens (tertiary/aromatic N) is 1. The molecule has 1 aliphatic rings. The summed E-state index contributed by atoms with van der Waals surface area (Å²) >= 11 is 12.0. The number of benzene rings is 2. The van der Waals surface area contributed by atoms with E-state index in [9.17, 15) is 14.7 Å². The SMILES string of the molecule is O=C1C(=O)N(Cc2ccco2)C(c2ccc(Cl)cc2)/C1=C(/O)c1cccc(Cl)c1. The summed E-state index contributed by atoms with van der Waals surface area (Å²) in [7, 11) is 0. The minimum absolute atomic E-state index is 0.00820. The number of furan rings is 1. The Morgan fingerprint density at radius 1 is 1.00 bits per heavy atom. The number of aliphatic hydroxyl groups excluding tert-OH is 1. The minimum Gasteiger partial charge on any atom is -0.507 e. The van der Waals surface area contributed by atoms with E-state index < -0.39 is 17.7 Å². The molecule has 4 rings (SSSR count). The lowest BCUT2D eigenvalue weighted by atomic mass is 9.95. The van der Waals surface area contributed by atoms with Gasteiger partial charge in [0.05, 0.1) is 24.4 Å². The van der Waals surface area contributed by atoms with Crippen molar-refractivity contribution < 1.29 is 19.1 Å². The van der Waals surface area contributed by atoms with Crippen LogP contribution in [-0.2, 0) is 16.1 Å². The first-order valence-electron chi connectivity index (χ1n) is 8.78. The van der Waals surface area contributed by atoms with Crippen molar-refractivity contribution in [3.05, 3.63) is 99.4 Å². The van der Waals surface area contributed by atoms with E-state index in [4.69, 9.17) is 27.6 Å². The molecule has 1 amide bonds. The van der Waals surface area contributed by atoms with E-state index in [1.807, 2.05) is 0 Å². The molecule has 2 heterocycles. The molecule has 1 aromatic heterocycles. The van der Waals surface area contributed by atoms with Crippen LogP contribution in [0.4, 0.5) is 0 Å². The van der Waals surface area contributed by atoms with Crippen LogP contribution in [0.1, 0.15) is 22.9 Å². The van der Waals surface area contributed by atoms with Crippen molar-refractivity contribution in [3.8, 4) is 0 Å². The Morgan fingerprint density at radius 3 is 2.41 bits per heavy atom. The number of hydrogen-bond acceptors (Lipinski definition) is 4. The van der Waals surface area contributed by atoms with Crippen LogP contribution in [0.5, 0.6) is 0 Å². The molecule has 1 unspecified atom stereocenters. The van der Waals surface area contributed by atoms with E-state index in [0.29, 0.717) is 26.9 Å². The fraction of sp³-hybridized carbons (Fsp3) is 0.0909. The minimum atomic E-state index is -0.795. The molecule has 0 aliphatic carbocycles. The highest BCUT2D eigenvalue weighted by atomic mass is 35.5. The van der Waals surface area contributed by atoms with Gasteiger partial charge in [0, 0.05) is 15.6 Å². The number of likely N-dealkylation sites (tertiary alicyclic amines) is 1. The van der Waals surface area contributed by atoms with Crippen molar-refractivity contribution in [2.45, 2.75) is 12.6 Å². The van der Waals surface area contributed by atoms with E-state index in [2.05, 4.69) is 0 Å². The molecule has 3 aromatic rings. The third-order valence-electron chi connectivity index (χ3n) is 4.73. The van der Waals surface area contributed by atoms with Gasteiger partial charge in [-0.3, -0.25) is 9.59 Å². The third kappa shape index (κ3) is 3.67. The van der Waals surface area contributed by atoms with Gasteiger partial charge in [0.1, 0.15) is 11.5 Å². The first-order valence-corrected chi connectivity index (χ1v) is 9.53. The van der Waals surface area contributed by atoms with Gasteiger partial charge >= 0.3 is 0 Å². The Labute approximate surface area is 176 Å². The second-order valence-corrected chi connectivity index (χ2v) is 7.44. The molecule has 7 heteroatoms. The number of halogens is 2. The number of aliphatic hydroxyl groups is 1. The Bertz CT molecular complexity index is 1100. The van der Waals surface area contributed by atoms with Crippen molar-refractivity contribution in [2.75, 3.05) is 0 Å². The van der Waals surface area contributed by atoms with Gasteiger partial charge in [-0.15, -0.1) is 0 Å². The van der Waals surface area contributed by atoms with E-state index in [1.54, 1.807) is 54.6 Å². The normalized spacial score (nSPS) is 18.4. The molecular weight excluding hydrogens is 413 g/mol. The van der Waals surface area contributed by atoms with Crippen LogP contribution in [0.15, 0.2) is 76.9 Å². The van der Waals surface area contributed by atoms with E-state index >= 15 is 0 Å². The standard InChI is InChI=1S/C22H15Cl2NO4/c23-15-8-6-13(7-9-15)19-18(20(26)14-3-1-4-16(24)11-14)21(27)22(28)25(19)12-17-5-2-10-29-17/h1-11,19,26H,12H2/b20-18-. The number of rotatable bonds is 4. The average molecular weight is 428 g/mol. The van der Waals surface area contributed by atoms with Crippen LogP contribution < -0.4 is 0 Å². The monoisotopic (exact) mass is 427 g/mol. The highest BCUT2D eigenvalue weighted by Crippen LogP contribution is 2.40. The Hall–Kier alpha value is -3.02. The summed E-state index contributed by atoms with van der Waals surface area (Å²) in [5, 5.41) is 11.9. The zero-order valence-electron chi connectivity index (χ0n) is 15.0. The molecule has 0 radical (unpaired) electrons. The molecule has 1 aliphatic heterocycles. The Kier molecular flexibility index (Phi) is 5.18. The molecule has 29 heavy (non-hydrogen) atoms. The number of carbonyl (C=O) groups is 2. The maximum atomic E-state index is 12.9. The molecule has 1 fully saturated rings. The van der Waals surface area contributed by atoms with E-state index in [1.165, 1.54) is 17.2 Å². The third-order valence-corrected chi connectivity index (χ3v) is 5.22. The highest BCUT2D eigenvalue weighted by Gasteiger charge is 2.46.